The molecule has 1 unspecified atom stereocenters. The molecule has 1 atom stereocenters. The molecule has 30 heavy (non-hydrogen) atoms. The highest BCUT2D eigenvalue weighted by molar-refractivity contribution is 7.15. The number of carboxylic acids is 1. The van der Waals surface area contributed by atoms with Crippen LogP contribution in [0.2, 0.25) is 0 Å². The second kappa shape index (κ2) is 11.3. The Labute approximate surface area is 183 Å². The number of nitrogens with one attached hydrogen (secondary N) is 1. The van der Waals surface area contributed by atoms with Gasteiger partial charge in [-0.05, 0) is 35.4 Å². The lowest BCUT2D eigenvalue weighted by Crippen LogP contribution is -2.31. The van der Waals surface area contributed by atoms with E-state index in [0.717, 1.165) is 35.0 Å². The van der Waals surface area contributed by atoms with Crippen molar-refractivity contribution < 1.29 is 14.6 Å². The van der Waals surface area contributed by atoms with Crippen molar-refractivity contribution in [2.24, 2.45) is 11.8 Å². The summed E-state index contributed by atoms with van der Waals surface area (Å²) in [6.45, 7) is 13.1. The number of ether oxygens (including phenoxy) is 1. The number of carboxylic acid groups (broad SMARTS) is 1. The quantitative estimate of drug-likeness (QED) is 0.479. The summed E-state index contributed by atoms with van der Waals surface area (Å²) in [4.78, 5) is 13.6. The van der Waals surface area contributed by atoms with Crippen LogP contribution in [-0.4, -0.2) is 41.5 Å². The number of aliphatic carboxylic acids is 1. The minimum absolute atomic E-state index is 0.0841. The highest BCUT2D eigenvalue weighted by Crippen LogP contribution is 2.35. The molecule has 8 heteroatoms. The molecule has 0 fully saturated rings. The van der Waals surface area contributed by atoms with Gasteiger partial charge in [0.1, 0.15) is 11.6 Å². The fraction of sp³-hybridized carbons (Fsp3) is 0.591. The predicted molar refractivity (Wildman–Crippen MR) is 123 cm³/mol. The Morgan fingerprint density at radius 1 is 1.17 bits per heavy atom. The molecule has 0 saturated heterocycles. The van der Waals surface area contributed by atoms with E-state index in [2.05, 4.69) is 54.2 Å². The molecule has 0 amide bonds. The van der Waals surface area contributed by atoms with Crippen LogP contribution in [0.3, 0.4) is 0 Å². The van der Waals surface area contributed by atoms with Crippen molar-refractivity contribution in [2.75, 3.05) is 30.4 Å². The normalized spacial score (nSPS) is 12.4. The Morgan fingerprint density at radius 3 is 2.40 bits per heavy atom. The maximum absolute atomic E-state index is 11.2. The number of hydrogen-bond acceptors (Lipinski definition) is 7. The minimum Gasteiger partial charge on any atom is -0.481 e. The van der Waals surface area contributed by atoms with Crippen LogP contribution in [0.5, 0.6) is 0 Å². The molecule has 1 aromatic heterocycles. The number of rotatable bonds is 12. The Kier molecular flexibility index (Phi) is 9.05. The molecule has 7 nitrogen and oxygen atoms in total. The summed E-state index contributed by atoms with van der Waals surface area (Å²) < 4.78 is 5.14. The first-order valence-electron chi connectivity index (χ1n) is 10.4. The monoisotopic (exact) mass is 434 g/mol. The van der Waals surface area contributed by atoms with Crippen LogP contribution >= 0.6 is 11.3 Å². The molecule has 1 heterocycles. The van der Waals surface area contributed by atoms with Gasteiger partial charge in [-0.3, -0.25) is 4.79 Å². The SMILES string of the molecule is COCc1nnc(Nc2cc(C(C)CC(=O)O)ccc2N(CC(C)C)CC(C)C)s1. The molecule has 2 aromatic rings. The van der Waals surface area contributed by atoms with Gasteiger partial charge in [0.15, 0.2) is 0 Å². The van der Waals surface area contributed by atoms with Crippen molar-refractivity contribution in [3.8, 4) is 0 Å². The van der Waals surface area contributed by atoms with Crippen LogP contribution in [0.25, 0.3) is 0 Å². The van der Waals surface area contributed by atoms with E-state index in [-0.39, 0.29) is 12.3 Å². The molecular formula is C22H34N4O3S. The van der Waals surface area contributed by atoms with Crippen LogP contribution in [0, 0.1) is 11.8 Å². The molecule has 0 radical (unpaired) electrons. The number of carbonyl (C=O) groups is 1. The van der Waals surface area contributed by atoms with Crippen LogP contribution in [-0.2, 0) is 16.1 Å². The van der Waals surface area contributed by atoms with E-state index in [1.807, 2.05) is 19.1 Å². The molecule has 0 bridgehead atoms. The lowest BCUT2D eigenvalue weighted by atomic mass is 9.96. The van der Waals surface area contributed by atoms with Gasteiger partial charge in [-0.15, -0.1) is 10.2 Å². The molecule has 0 aliphatic heterocycles. The molecule has 1 aromatic carbocycles. The van der Waals surface area contributed by atoms with Crippen molar-refractivity contribution in [2.45, 2.75) is 53.6 Å². The Hall–Kier alpha value is -2.19. The van der Waals surface area contributed by atoms with Gasteiger partial charge in [-0.1, -0.05) is 52.0 Å². The van der Waals surface area contributed by atoms with Gasteiger partial charge >= 0.3 is 5.97 Å². The fourth-order valence-corrected chi connectivity index (χ4v) is 4.09. The third kappa shape index (κ3) is 7.25. The van der Waals surface area contributed by atoms with Crippen molar-refractivity contribution in [3.05, 3.63) is 28.8 Å². The second-order valence-corrected chi connectivity index (χ2v) is 9.59. The number of benzene rings is 1. The van der Waals surface area contributed by atoms with Gasteiger partial charge in [0.25, 0.3) is 0 Å². The van der Waals surface area contributed by atoms with Gasteiger partial charge < -0.3 is 20.1 Å². The second-order valence-electron chi connectivity index (χ2n) is 8.53. The summed E-state index contributed by atoms with van der Waals surface area (Å²) in [5.41, 5.74) is 3.00. The average Bonchev–Trinajstić information content (AvgIpc) is 3.07. The van der Waals surface area contributed by atoms with E-state index in [9.17, 15) is 9.90 Å². The van der Waals surface area contributed by atoms with Crippen molar-refractivity contribution in [3.63, 3.8) is 0 Å². The highest BCUT2D eigenvalue weighted by atomic mass is 32.1. The van der Waals surface area contributed by atoms with Crippen molar-refractivity contribution >= 4 is 33.8 Å². The maximum atomic E-state index is 11.2. The maximum Gasteiger partial charge on any atom is 0.303 e. The first-order chi connectivity index (χ1) is 14.2. The number of nitrogens with zero attached hydrogens (tertiary/aromatic N) is 3. The molecule has 2 N–H and O–H groups in total. The summed E-state index contributed by atoms with van der Waals surface area (Å²) >= 11 is 1.45. The molecular weight excluding hydrogens is 400 g/mol. The molecule has 0 saturated carbocycles. The first-order valence-corrected chi connectivity index (χ1v) is 11.2. The standard InChI is InChI=1S/C22H34N4O3S/c1-14(2)11-26(12-15(3)4)19-8-7-17(16(5)9-21(27)28)10-18(19)23-22-25-24-20(30-22)13-29-6/h7-8,10,14-16H,9,11-13H2,1-6H3,(H,23,25)(H,27,28). The Bertz CT molecular complexity index is 812. The molecule has 0 spiro atoms. The van der Waals surface area contributed by atoms with E-state index in [0.29, 0.717) is 23.6 Å². The lowest BCUT2D eigenvalue weighted by molar-refractivity contribution is -0.137. The van der Waals surface area contributed by atoms with E-state index >= 15 is 0 Å². The smallest absolute Gasteiger partial charge is 0.303 e. The third-order valence-electron chi connectivity index (χ3n) is 4.56. The summed E-state index contributed by atoms with van der Waals surface area (Å²) in [6, 6.07) is 6.18. The van der Waals surface area contributed by atoms with Gasteiger partial charge in [0, 0.05) is 20.2 Å². The number of methoxy groups -OCH3 is 1. The summed E-state index contributed by atoms with van der Waals surface area (Å²) in [5.74, 6) is 0.143. The zero-order valence-corrected chi connectivity index (χ0v) is 19.6. The molecule has 2 rings (SSSR count). The van der Waals surface area contributed by atoms with Gasteiger partial charge in [-0.2, -0.15) is 0 Å². The predicted octanol–water partition coefficient (Wildman–Crippen LogP) is 5.12. The molecule has 0 aliphatic carbocycles. The third-order valence-corrected chi connectivity index (χ3v) is 5.37. The van der Waals surface area contributed by atoms with E-state index in [4.69, 9.17) is 4.74 Å². The Morgan fingerprint density at radius 2 is 1.83 bits per heavy atom. The number of aromatic nitrogens is 2. The zero-order valence-electron chi connectivity index (χ0n) is 18.8. The van der Waals surface area contributed by atoms with E-state index in [1.165, 1.54) is 11.3 Å². The van der Waals surface area contributed by atoms with Crippen molar-refractivity contribution in [1.29, 1.82) is 0 Å². The van der Waals surface area contributed by atoms with Crippen LogP contribution < -0.4 is 10.2 Å². The molecule has 0 aliphatic rings. The number of anilines is 3. The highest BCUT2D eigenvalue weighted by Gasteiger charge is 2.19. The average molecular weight is 435 g/mol. The van der Waals surface area contributed by atoms with E-state index in [1.54, 1.807) is 7.11 Å². The van der Waals surface area contributed by atoms with Crippen LogP contribution in [0.4, 0.5) is 16.5 Å². The zero-order chi connectivity index (χ0) is 22.3. The molecule has 166 valence electrons. The van der Waals surface area contributed by atoms with Crippen molar-refractivity contribution in [1.82, 2.24) is 10.2 Å². The largest absolute Gasteiger partial charge is 0.481 e. The summed E-state index contributed by atoms with van der Waals surface area (Å²) in [7, 11) is 1.63. The van der Waals surface area contributed by atoms with E-state index < -0.39 is 5.97 Å². The lowest BCUT2D eigenvalue weighted by Gasteiger charge is -2.31. The van der Waals surface area contributed by atoms with Gasteiger partial charge in [0.2, 0.25) is 5.13 Å². The topological polar surface area (TPSA) is 87.6 Å². The van der Waals surface area contributed by atoms with Crippen LogP contribution in [0.15, 0.2) is 18.2 Å². The first kappa shape index (κ1) is 24.1. The summed E-state index contributed by atoms with van der Waals surface area (Å²) in [5, 5.41) is 22.5. The van der Waals surface area contributed by atoms with Gasteiger partial charge in [0.05, 0.1) is 17.8 Å². The van der Waals surface area contributed by atoms with Crippen LogP contribution in [0.1, 0.15) is 57.5 Å². The minimum atomic E-state index is -0.796. The summed E-state index contributed by atoms with van der Waals surface area (Å²) in [6.07, 6.45) is 0.0945. The fourth-order valence-electron chi connectivity index (χ4n) is 3.37. The Balaban J connectivity index is 2.43. The van der Waals surface area contributed by atoms with Gasteiger partial charge in [-0.25, -0.2) is 0 Å². The number of hydrogen-bond donors (Lipinski definition) is 2.